The van der Waals surface area contributed by atoms with Gasteiger partial charge in [-0.05, 0) is 12.8 Å². The van der Waals surface area contributed by atoms with Crippen LogP contribution < -0.4 is 18.6 Å². The zero-order valence-electron chi connectivity index (χ0n) is 15.8. The molecular weight excluding hydrogens is 334 g/mol. The third-order valence-corrected chi connectivity index (χ3v) is 4.04. The highest BCUT2D eigenvalue weighted by atomic mass is 35.7. The van der Waals surface area contributed by atoms with Crippen LogP contribution in [0.5, 0.6) is 0 Å². The Morgan fingerprint density at radius 2 is 1.00 bits per heavy atom. The van der Waals surface area contributed by atoms with Crippen LogP contribution in [0.3, 0.4) is 0 Å². The minimum absolute atomic E-state index is 0.333. The maximum absolute atomic E-state index is 8.87. The van der Waals surface area contributed by atoms with E-state index in [1.807, 2.05) is 0 Å². The zero-order valence-corrected chi connectivity index (χ0v) is 16.6. The highest BCUT2D eigenvalue weighted by Crippen LogP contribution is 2.11. The van der Waals surface area contributed by atoms with Gasteiger partial charge in [0, 0.05) is 13.0 Å². The molecule has 0 radical (unpaired) electrons. The van der Waals surface area contributed by atoms with Crippen molar-refractivity contribution in [1.29, 1.82) is 0 Å². The molecular formula is C17H38ClNO5. The number of hydrogen-bond acceptors (Lipinski definition) is 5. The lowest BCUT2D eigenvalue weighted by molar-refractivity contribution is -2.00. The molecule has 0 aliphatic carbocycles. The molecule has 0 amide bonds. The molecule has 0 bridgehead atoms. The molecule has 0 heterocycles. The van der Waals surface area contributed by atoms with Gasteiger partial charge < -0.3 is 9.59 Å². The van der Waals surface area contributed by atoms with Crippen LogP contribution in [0.2, 0.25) is 0 Å². The van der Waals surface area contributed by atoms with Gasteiger partial charge in [0.15, 0.2) is 0 Å². The van der Waals surface area contributed by atoms with E-state index in [-0.39, 0.29) is 0 Å². The van der Waals surface area contributed by atoms with E-state index in [0.717, 1.165) is 17.4 Å². The van der Waals surface area contributed by atoms with Crippen molar-refractivity contribution in [2.75, 3.05) is 33.8 Å². The molecule has 0 spiro atoms. The molecule has 0 aromatic heterocycles. The van der Waals surface area contributed by atoms with Gasteiger partial charge in [-0.1, -0.05) is 58.3 Å². The van der Waals surface area contributed by atoms with Gasteiger partial charge in [-0.15, -0.1) is 10.2 Å². The fraction of sp³-hybridized carbons (Fsp3) is 1.00. The van der Waals surface area contributed by atoms with E-state index < -0.39 is 10.2 Å². The Kier molecular flexibility index (Phi) is 18.1. The molecule has 6 nitrogen and oxygen atoms in total. The Morgan fingerprint density at radius 1 is 0.667 bits per heavy atom. The molecule has 0 aromatic carbocycles. The van der Waals surface area contributed by atoms with Crippen molar-refractivity contribution in [2.24, 2.45) is 0 Å². The highest BCUT2D eigenvalue weighted by Gasteiger charge is 2.12. The Bertz CT molecular complexity index is 254. The van der Waals surface area contributed by atoms with E-state index in [0.29, 0.717) is 6.61 Å². The van der Waals surface area contributed by atoms with E-state index in [1.165, 1.54) is 70.8 Å². The van der Waals surface area contributed by atoms with Crippen molar-refractivity contribution >= 4 is 0 Å². The van der Waals surface area contributed by atoms with Crippen molar-refractivity contribution in [2.45, 2.75) is 77.6 Å². The first kappa shape index (κ1) is 26.3. The first-order chi connectivity index (χ1) is 11.1. The zero-order chi connectivity index (χ0) is 18.9. The number of halogens is 1. The van der Waals surface area contributed by atoms with E-state index in [4.69, 9.17) is 23.7 Å². The van der Waals surface area contributed by atoms with Gasteiger partial charge in [-0.2, -0.15) is 0 Å². The summed E-state index contributed by atoms with van der Waals surface area (Å²) in [5, 5.41) is 8.87. The monoisotopic (exact) mass is 371 g/mol. The van der Waals surface area contributed by atoms with Gasteiger partial charge in [-0.25, -0.2) is 18.6 Å². The van der Waals surface area contributed by atoms with Gasteiger partial charge in [0.25, 0.3) is 0 Å². The van der Waals surface area contributed by atoms with Gasteiger partial charge in [0.1, 0.15) is 0 Å². The molecule has 0 aliphatic heterocycles. The van der Waals surface area contributed by atoms with E-state index >= 15 is 0 Å². The Labute approximate surface area is 150 Å². The van der Waals surface area contributed by atoms with Crippen molar-refractivity contribution in [3.05, 3.63) is 0 Å². The third kappa shape index (κ3) is 30.0. The molecule has 0 unspecified atom stereocenters. The van der Waals surface area contributed by atoms with Crippen LogP contribution >= 0.6 is 0 Å². The summed E-state index contributed by atoms with van der Waals surface area (Å²) >= 11 is 0. The number of aliphatic hydroxyl groups excluding tert-OH is 1. The maximum atomic E-state index is 8.87. The van der Waals surface area contributed by atoms with Crippen molar-refractivity contribution < 1.29 is 38.5 Å². The number of aliphatic hydroxyl groups is 1. The molecule has 7 heteroatoms. The average Bonchev–Trinajstić information content (AvgIpc) is 2.45. The predicted octanol–water partition coefficient (Wildman–Crippen LogP) is -0.390. The number of rotatable bonds is 14. The Balaban J connectivity index is 0. The number of quaternary nitrogens is 1. The molecule has 0 atom stereocenters. The minimum Gasteiger partial charge on any atom is -0.396 e. The van der Waals surface area contributed by atoms with Gasteiger partial charge in [0.2, 0.25) is 0 Å². The fourth-order valence-corrected chi connectivity index (χ4v) is 2.64. The number of unbranched alkanes of at least 4 members (excludes halogenated alkanes) is 9. The fourth-order valence-electron chi connectivity index (χ4n) is 2.64. The van der Waals surface area contributed by atoms with Crippen LogP contribution in [0.1, 0.15) is 77.6 Å². The molecule has 148 valence electrons. The third-order valence-electron chi connectivity index (χ3n) is 4.04. The van der Waals surface area contributed by atoms with Gasteiger partial charge in [0.05, 0.1) is 27.2 Å². The molecule has 0 aliphatic rings. The summed E-state index contributed by atoms with van der Waals surface area (Å²) in [5.41, 5.74) is 0. The van der Waals surface area contributed by atoms with Crippen molar-refractivity contribution in [3.8, 4) is 0 Å². The molecule has 0 saturated carbocycles. The quantitative estimate of drug-likeness (QED) is 0.330. The molecule has 0 rings (SSSR count). The second-order valence-corrected chi connectivity index (χ2v) is 7.78. The SMILES string of the molecule is CCCCCCCCCCCC[N+](C)(C)CCCO.[O-][Cl+3]([O-])([O-])[O-]. The first-order valence-corrected chi connectivity index (χ1v) is 10.4. The summed E-state index contributed by atoms with van der Waals surface area (Å²) in [4.78, 5) is 0. The summed E-state index contributed by atoms with van der Waals surface area (Å²) in [6.07, 6.45) is 15.0. The lowest BCUT2D eigenvalue weighted by atomic mass is 10.1. The highest BCUT2D eigenvalue weighted by molar-refractivity contribution is 4.47. The van der Waals surface area contributed by atoms with E-state index in [1.54, 1.807) is 0 Å². The van der Waals surface area contributed by atoms with Gasteiger partial charge in [-0.3, -0.25) is 0 Å². The standard InChI is InChI=1S/C17H38NO.ClHO4/c1-4-5-6-7-8-9-10-11-12-13-15-18(2,3)16-14-17-19;2-1(3,4)5/h19H,4-17H2,1-3H3;(H,2,3,4,5)/q+1;/p-1. The van der Waals surface area contributed by atoms with Crippen LogP contribution in [0, 0.1) is 10.2 Å². The first-order valence-electron chi connectivity index (χ1n) is 9.17. The second kappa shape index (κ2) is 16.5. The summed E-state index contributed by atoms with van der Waals surface area (Å²) in [5.74, 6) is 0. The molecule has 0 saturated heterocycles. The molecule has 0 aromatic rings. The summed E-state index contributed by atoms with van der Waals surface area (Å²) in [6, 6.07) is 0. The molecule has 1 N–H and O–H groups in total. The number of hydrogen-bond donors (Lipinski definition) is 1. The maximum Gasteiger partial charge on any atom is 0.0804 e. The molecule has 24 heavy (non-hydrogen) atoms. The largest absolute Gasteiger partial charge is 0.396 e. The van der Waals surface area contributed by atoms with Crippen LogP contribution in [0.25, 0.3) is 0 Å². The number of nitrogens with zero attached hydrogens (tertiary/aromatic N) is 1. The Hall–Kier alpha value is 0.0500. The van der Waals surface area contributed by atoms with E-state index in [9.17, 15) is 0 Å². The second-order valence-electron chi connectivity index (χ2n) is 7.02. The lowest BCUT2D eigenvalue weighted by Gasteiger charge is -2.29. The predicted molar refractivity (Wildman–Crippen MR) is 85.4 cm³/mol. The lowest BCUT2D eigenvalue weighted by Crippen LogP contribution is -2.68. The summed E-state index contributed by atoms with van der Waals surface area (Å²) in [7, 11) is -0.382. The molecule has 0 fully saturated rings. The smallest absolute Gasteiger partial charge is 0.0804 e. The summed E-state index contributed by atoms with van der Waals surface area (Å²) in [6.45, 7) is 4.98. The van der Waals surface area contributed by atoms with Crippen LogP contribution in [0.15, 0.2) is 0 Å². The average molecular weight is 372 g/mol. The normalized spacial score (nSPS) is 12.0. The topological polar surface area (TPSA) is 112 Å². The van der Waals surface area contributed by atoms with Crippen LogP contribution in [0.4, 0.5) is 0 Å². The van der Waals surface area contributed by atoms with Crippen LogP contribution in [-0.2, 0) is 0 Å². The van der Waals surface area contributed by atoms with Crippen molar-refractivity contribution in [1.82, 2.24) is 0 Å². The van der Waals surface area contributed by atoms with E-state index in [2.05, 4.69) is 21.0 Å². The summed E-state index contributed by atoms with van der Waals surface area (Å²) < 4.78 is 35.0. The Morgan fingerprint density at radius 3 is 1.38 bits per heavy atom. The van der Waals surface area contributed by atoms with Gasteiger partial charge >= 0.3 is 0 Å². The van der Waals surface area contributed by atoms with Crippen molar-refractivity contribution in [3.63, 3.8) is 0 Å². The minimum atomic E-state index is -4.94. The van der Waals surface area contributed by atoms with Crippen LogP contribution in [-0.4, -0.2) is 43.4 Å².